The second-order valence-electron chi connectivity index (χ2n) is 4.69. The Kier molecular flexibility index (Phi) is 6.13. The number of amides is 1. The standard InChI is InChI=1S/C13H21N3O4S/c1-9(2)16-21(18,19)12-8-10(4-5-11(12)20-3)13(17)15-7-6-14/h4-5,8-9,16H,6-7,14H2,1-3H3,(H,15,17). The minimum absolute atomic E-state index is 0.0703. The molecule has 1 aromatic carbocycles. The third-order valence-corrected chi connectivity index (χ3v) is 4.22. The molecule has 0 radical (unpaired) electrons. The van der Waals surface area contributed by atoms with E-state index < -0.39 is 10.0 Å². The van der Waals surface area contributed by atoms with E-state index in [1.54, 1.807) is 13.8 Å². The second kappa shape index (κ2) is 7.39. The van der Waals surface area contributed by atoms with E-state index in [9.17, 15) is 13.2 Å². The van der Waals surface area contributed by atoms with Gasteiger partial charge in [0.25, 0.3) is 5.91 Å². The van der Waals surface area contributed by atoms with Gasteiger partial charge in [-0.1, -0.05) is 0 Å². The number of ether oxygens (including phenoxy) is 1. The molecule has 8 heteroatoms. The quantitative estimate of drug-likeness (QED) is 0.659. The molecule has 1 rings (SSSR count). The third-order valence-electron chi connectivity index (χ3n) is 2.54. The number of rotatable bonds is 7. The number of carbonyl (C=O) groups is 1. The first-order valence-electron chi connectivity index (χ1n) is 6.50. The Balaban J connectivity index is 3.20. The van der Waals surface area contributed by atoms with E-state index in [0.29, 0.717) is 13.1 Å². The lowest BCUT2D eigenvalue weighted by atomic mass is 10.2. The van der Waals surface area contributed by atoms with Crippen LogP contribution in [-0.2, 0) is 10.0 Å². The fraction of sp³-hybridized carbons (Fsp3) is 0.462. The van der Waals surface area contributed by atoms with Crippen molar-refractivity contribution in [2.24, 2.45) is 5.73 Å². The Hall–Kier alpha value is -1.64. The molecule has 118 valence electrons. The van der Waals surface area contributed by atoms with Gasteiger partial charge in [-0.3, -0.25) is 4.79 Å². The van der Waals surface area contributed by atoms with E-state index in [-0.39, 0.29) is 28.2 Å². The maximum atomic E-state index is 12.3. The van der Waals surface area contributed by atoms with Crippen LogP contribution in [-0.4, -0.2) is 40.6 Å². The van der Waals surface area contributed by atoms with Crippen molar-refractivity contribution in [2.75, 3.05) is 20.2 Å². The molecule has 21 heavy (non-hydrogen) atoms. The number of methoxy groups -OCH3 is 1. The molecule has 0 unspecified atom stereocenters. The first-order chi connectivity index (χ1) is 9.81. The molecule has 0 aliphatic rings. The summed E-state index contributed by atoms with van der Waals surface area (Å²) >= 11 is 0. The van der Waals surface area contributed by atoms with E-state index in [4.69, 9.17) is 10.5 Å². The highest BCUT2D eigenvalue weighted by molar-refractivity contribution is 7.89. The summed E-state index contributed by atoms with van der Waals surface area (Å²) in [6.45, 7) is 4.04. The van der Waals surface area contributed by atoms with Crippen LogP contribution < -0.4 is 20.5 Å². The summed E-state index contributed by atoms with van der Waals surface area (Å²) in [5.41, 5.74) is 5.54. The van der Waals surface area contributed by atoms with Gasteiger partial charge >= 0.3 is 0 Å². The van der Waals surface area contributed by atoms with Crippen molar-refractivity contribution in [1.29, 1.82) is 0 Å². The summed E-state index contributed by atoms with van der Waals surface area (Å²) in [4.78, 5) is 11.8. The van der Waals surface area contributed by atoms with E-state index >= 15 is 0 Å². The van der Waals surface area contributed by atoms with Crippen LogP contribution in [0, 0.1) is 0 Å². The smallest absolute Gasteiger partial charge is 0.251 e. The van der Waals surface area contributed by atoms with E-state index in [1.165, 1.54) is 25.3 Å². The predicted molar refractivity (Wildman–Crippen MR) is 79.8 cm³/mol. The van der Waals surface area contributed by atoms with Crippen molar-refractivity contribution < 1.29 is 17.9 Å². The summed E-state index contributed by atoms with van der Waals surface area (Å²) in [6, 6.07) is 3.97. The minimum atomic E-state index is -3.76. The maximum absolute atomic E-state index is 12.3. The highest BCUT2D eigenvalue weighted by Gasteiger charge is 2.22. The Labute approximate surface area is 124 Å². The molecule has 0 atom stereocenters. The van der Waals surface area contributed by atoms with Gasteiger partial charge in [0.2, 0.25) is 10.0 Å². The normalized spacial score (nSPS) is 11.5. The molecule has 0 aliphatic carbocycles. The largest absolute Gasteiger partial charge is 0.495 e. The van der Waals surface area contributed by atoms with Crippen LogP contribution in [0.15, 0.2) is 23.1 Å². The zero-order chi connectivity index (χ0) is 16.0. The lowest BCUT2D eigenvalue weighted by molar-refractivity contribution is 0.0954. The Bertz CT molecular complexity index is 599. The minimum Gasteiger partial charge on any atom is -0.495 e. The van der Waals surface area contributed by atoms with Crippen LogP contribution in [0.1, 0.15) is 24.2 Å². The average Bonchev–Trinajstić information content (AvgIpc) is 2.42. The number of nitrogens with two attached hydrogens (primary N) is 1. The molecule has 7 nitrogen and oxygen atoms in total. The van der Waals surface area contributed by atoms with Gasteiger partial charge in [0, 0.05) is 24.7 Å². The van der Waals surface area contributed by atoms with Crippen LogP contribution in [0.2, 0.25) is 0 Å². The van der Waals surface area contributed by atoms with Gasteiger partial charge in [0.15, 0.2) is 0 Å². The molecule has 0 spiro atoms. The molecule has 0 aromatic heterocycles. The van der Waals surface area contributed by atoms with E-state index in [2.05, 4.69) is 10.0 Å². The Morgan fingerprint density at radius 2 is 2.05 bits per heavy atom. The highest BCUT2D eigenvalue weighted by Crippen LogP contribution is 2.25. The Morgan fingerprint density at radius 1 is 1.38 bits per heavy atom. The Morgan fingerprint density at radius 3 is 2.57 bits per heavy atom. The van der Waals surface area contributed by atoms with Crippen LogP contribution in [0.25, 0.3) is 0 Å². The van der Waals surface area contributed by atoms with Gasteiger partial charge in [-0.2, -0.15) is 0 Å². The van der Waals surface area contributed by atoms with E-state index in [1.807, 2.05) is 0 Å². The number of hydrogen-bond donors (Lipinski definition) is 3. The van der Waals surface area contributed by atoms with Crippen molar-refractivity contribution in [1.82, 2.24) is 10.0 Å². The number of carbonyl (C=O) groups excluding carboxylic acids is 1. The zero-order valence-electron chi connectivity index (χ0n) is 12.3. The number of hydrogen-bond acceptors (Lipinski definition) is 5. The molecular formula is C13H21N3O4S. The second-order valence-corrected chi connectivity index (χ2v) is 6.37. The van der Waals surface area contributed by atoms with Gasteiger partial charge in [0.1, 0.15) is 10.6 Å². The lowest BCUT2D eigenvalue weighted by Crippen LogP contribution is -2.31. The van der Waals surface area contributed by atoms with E-state index in [0.717, 1.165) is 0 Å². The first kappa shape index (κ1) is 17.4. The number of benzene rings is 1. The molecule has 1 amide bonds. The molecule has 0 aliphatic heterocycles. The first-order valence-corrected chi connectivity index (χ1v) is 7.98. The van der Waals surface area contributed by atoms with Gasteiger partial charge < -0.3 is 15.8 Å². The average molecular weight is 315 g/mol. The molecular weight excluding hydrogens is 294 g/mol. The van der Waals surface area contributed by atoms with Crippen molar-refractivity contribution in [3.8, 4) is 5.75 Å². The van der Waals surface area contributed by atoms with Crippen molar-refractivity contribution in [3.05, 3.63) is 23.8 Å². The summed E-state index contributed by atoms with van der Waals surface area (Å²) < 4.78 is 32.1. The summed E-state index contributed by atoms with van der Waals surface area (Å²) in [5.74, 6) is -0.206. The third kappa shape index (κ3) is 4.69. The van der Waals surface area contributed by atoms with Crippen LogP contribution in [0.4, 0.5) is 0 Å². The van der Waals surface area contributed by atoms with Crippen molar-refractivity contribution in [3.63, 3.8) is 0 Å². The van der Waals surface area contributed by atoms with Crippen LogP contribution in [0.3, 0.4) is 0 Å². The molecule has 4 N–H and O–H groups in total. The van der Waals surface area contributed by atoms with Gasteiger partial charge in [0.05, 0.1) is 7.11 Å². The fourth-order valence-electron chi connectivity index (χ4n) is 1.69. The highest BCUT2D eigenvalue weighted by atomic mass is 32.2. The number of nitrogens with one attached hydrogen (secondary N) is 2. The van der Waals surface area contributed by atoms with Gasteiger partial charge in [-0.15, -0.1) is 0 Å². The molecule has 1 aromatic rings. The zero-order valence-corrected chi connectivity index (χ0v) is 13.2. The summed E-state index contributed by atoms with van der Waals surface area (Å²) in [7, 11) is -2.39. The maximum Gasteiger partial charge on any atom is 0.251 e. The van der Waals surface area contributed by atoms with Crippen molar-refractivity contribution in [2.45, 2.75) is 24.8 Å². The van der Waals surface area contributed by atoms with Crippen molar-refractivity contribution >= 4 is 15.9 Å². The SMILES string of the molecule is COc1ccc(C(=O)NCCN)cc1S(=O)(=O)NC(C)C. The molecule has 0 bridgehead atoms. The molecule has 0 heterocycles. The molecule has 0 saturated heterocycles. The van der Waals surface area contributed by atoms with Crippen LogP contribution in [0.5, 0.6) is 5.75 Å². The molecule has 0 fully saturated rings. The summed E-state index contributed by atoms with van der Waals surface area (Å²) in [5, 5.41) is 2.59. The lowest BCUT2D eigenvalue weighted by Gasteiger charge is -2.14. The summed E-state index contributed by atoms with van der Waals surface area (Å²) in [6.07, 6.45) is 0. The van der Waals surface area contributed by atoms with Gasteiger partial charge in [-0.25, -0.2) is 13.1 Å². The molecule has 0 saturated carbocycles. The van der Waals surface area contributed by atoms with Crippen LogP contribution >= 0.6 is 0 Å². The monoisotopic (exact) mass is 315 g/mol. The fourth-order valence-corrected chi connectivity index (χ4v) is 3.14. The van der Waals surface area contributed by atoms with Gasteiger partial charge in [-0.05, 0) is 32.0 Å². The predicted octanol–water partition coefficient (Wildman–Crippen LogP) is 0.0704. The number of sulfonamides is 1. The topological polar surface area (TPSA) is 111 Å².